The Morgan fingerprint density at radius 3 is 1.71 bits per heavy atom. The molecule has 3 heterocycles. The van der Waals surface area contributed by atoms with Gasteiger partial charge < -0.3 is 0 Å². The molecule has 0 amide bonds. The van der Waals surface area contributed by atoms with E-state index in [-0.39, 0.29) is 0 Å². The van der Waals surface area contributed by atoms with Gasteiger partial charge in [0.25, 0.3) is 0 Å². The molecular weight excluding hydrogens is 581 g/mol. The highest BCUT2D eigenvalue weighted by molar-refractivity contribution is 7.25. The van der Waals surface area contributed by atoms with Crippen molar-refractivity contribution in [2.24, 2.45) is 0 Å². The van der Waals surface area contributed by atoms with Crippen molar-refractivity contribution in [3.8, 4) is 44.5 Å². The van der Waals surface area contributed by atoms with E-state index in [0.29, 0.717) is 0 Å². The summed E-state index contributed by atoms with van der Waals surface area (Å²) in [6.45, 7) is 7.17. The molecule has 4 heteroatoms. The maximum Gasteiger partial charge on any atom is 0.124 e. The zero-order chi connectivity index (χ0) is 30.5. The Hall–Kier alpha value is -4.90. The molecule has 2 nitrogen and oxygen atoms in total. The van der Waals surface area contributed by atoms with E-state index in [0.717, 1.165) is 26.9 Å². The lowest BCUT2D eigenvalue weighted by atomic mass is 9.98. The van der Waals surface area contributed by atoms with Crippen LogP contribution in [0.5, 0.6) is 0 Å². The van der Waals surface area contributed by atoms with E-state index >= 15 is 0 Å². The average Bonchev–Trinajstić information content (AvgIpc) is 3.46. The van der Waals surface area contributed by atoms with Crippen LogP contribution in [0.2, 0.25) is 19.6 Å². The molecule has 5 aromatic carbocycles. The molecule has 0 bridgehead atoms. The van der Waals surface area contributed by atoms with Crippen molar-refractivity contribution < 1.29 is 0 Å². The second-order valence-electron chi connectivity index (χ2n) is 12.8. The van der Waals surface area contributed by atoms with E-state index in [4.69, 9.17) is 4.98 Å². The Bertz CT molecular complexity index is 2330. The quantitative estimate of drug-likeness (QED) is 0.181. The molecule has 0 aliphatic heterocycles. The van der Waals surface area contributed by atoms with E-state index in [9.17, 15) is 0 Å². The largest absolute Gasteiger partial charge is 0.256 e. The van der Waals surface area contributed by atoms with Gasteiger partial charge in [-0.1, -0.05) is 116 Å². The molecule has 216 valence electrons. The second-order valence-corrected chi connectivity index (χ2v) is 18.9. The molecule has 0 unspecified atom stereocenters. The molecule has 0 spiro atoms. The monoisotopic (exact) mass is 612 g/mol. The summed E-state index contributed by atoms with van der Waals surface area (Å²) >= 11 is 1.75. The summed E-state index contributed by atoms with van der Waals surface area (Å²) in [5.41, 5.74) is 10.6. The molecule has 0 aliphatic carbocycles. The van der Waals surface area contributed by atoms with Crippen LogP contribution in [0.3, 0.4) is 0 Å². The number of nitrogens with zero attached hydrogens (tertiary/aromatic N) is 2. The first-order valence-corrected chi connectivity index (χ1v) is 19.7. The van der Waals surface area contributed by atoms with Crippen LogP contribution in [0.4, 0.5) is 0 Å². The number of aromatic nitrogens is 2. The van der Waals surface area contributed by atoms with Crippen LogP contribution in [0.1, 0.15) is 0 Å². The minimum Gasteiger partial charge on any atom is -0.256 e. The van der Waals surface area contributed by atoms with Crippen molar-refractivity contribution in [3.05, 3.63) is 140 Å². The molecule has 0 N–H and O–H groups in total. The first kappa shape index (κ1) is 27.6. The van der Waals surface area contributed by atoms with Crippen molar-refractivity contribution in [3.63, 3.8) is 0 Å². The van der Waals surface area contributed by atoms with Gasteiger partial charge in [-0.15, -0.1) is 11.3 Å². The fourth-order valence-corrected chi connectivity index (χ4v) is 8.31. The lowest BCUT2D eigenvalue weighted by molar-refractivity contribution is 1.41. The minimum absolute atomic E-state index is 1.00. The lowest BCUT2D eigenvalue weighted by Gasteiger charge is -2.16. The van der Waals surface area contributed by atoms with E-state index in [2.05, 4.69) is 146 Å². The molecule has 8 aromatic rings. The summed E-state index contributed by atoms with van der Waals surface area (Å²) in [5, 5.41) is 5.13. The number of pyridine rings is 2. The Labute approximate surface area is 268 Å². The molecule has 0 saturated heterocycles. The van der Waals surface area contributed by atoms with Crippen LogP contribution < -0.4 is 5.19 Å². The summed E-state index contributed by atoms with van der Waals surface area (Å²) < 4.78 is 1.27. The van der Waals surface area contributed by atoms with Gasteiger partial charge in [0, 0.05) is 38.8 Å². The van der Waals surface area contributed by atoms with E-state index in [1.54, 1.807) is 11.3 Å². The highest BCUT2D eigenvalue weighted by atomic mass is 32.1. The molecule has 3 aromatic heterocycles. The third kappa shape index (κ3) is 5.26. The molecule has 0 radical (unpaired) electrons. The minimum atomic E-state index is -1.29. The van der Waals surface area contributed by atoms with Crippen LogP contribution in [0.25, 0.3) is 75.7 Å². The molecule has 0 aliphatic rings. The molecule has 45 heavy (non-hydrogen) atoms. The Morgan fingerprint density at radius 2 is 1.04 bits per heavy atom. The van der Waals surface area contributed by atoms with Crippen molar-refractivity contribution in [1.82, 2.24) is 9.97 Å². The molecule has 0 fully saturated rings. The van der Waals surface area contributed by atoms with Crippen molar-refractivity contribution in [2.75, 3.05) is 0 Å². The van der Waals surface area contributed by atoms with E-state index in [1.807, 2.05) is 18.5 Å². The first-order valence-electron chi connectivity index (χ1n) is 15.4. The van der Waals surface area contributed by atoms with Crippen molar-refractivity contribution in [2.45, 2.75) is 19.6 Å². The van der Waals surface area contributed by atoms with Gasteiger partial charge in [-0.05, 0) is 75.3 Å². The molecule has 8 rings (SSSR count). The summed E-state index contributed by atoms with van der Waals surface area (Å²) in [6, 6.07) is 46.5. The fourth-order valence-electron chi connectivity index (χ4n) is 6.12. The highest BCUT2D eigenvalue weighted by Gasteiger charge is 2.16. The van der Waals surface area contributed by atoms with Crippen molar-refractivity contribution in [1.29, 1.82) is 0 Å². The lowest BCUT2D eigenvalue weighted by Crippen LogP contribution is -2.37. The Kier molecular flexibility index (Phi) is 6.70. The van der Waals surface area contributed by atoms with E-state index < -0.39 is 8.07 Å². The van der Waals surface area contributed by atoms with E-state index in [1.165, 1.54) is 54.0 Å². The third-order valence-corrected chi connectivity index (χ3v) is 11.9. The van der Waals surface area contributed by atoms with Gasteiger partial charge in [-0.2, -0.15) is 0 Å². The molecular formula is C41H32N2SSi. The highest BCUT2D eigenvalue weighted by Crippen LogP contribution is 2.36. The predicted octanol–water partition coefficient (Wildman–Crippen LogP) is 11.2. The maximum absolute atomic E-state index is 4.87. The van der Waals surface area contributed by atoms with Gasteiger partial charge in [0.2, 0.25) is 0 Å². The number of rotatable bonds is 5. The smallest absolute Gasteiger partial charge is 0.124 e. The fraction of sp³-hybridized carbons (Fsp3) is 0.0732. The number of hydrogen-bond acceptors (Lipinski definition) is 3. The van der Waals surface area contributed by atoms with Crippen LogP contribution >= 0.6 is 11.3 Å². The SMILES string of the molecule is C[Si](C)(C)c1ccc(-c2ccc(-c3ccc4cc(-c5ccc(-c6ccc7sc8ncccc8c7c6)cc5)cnc4c3)cc2)cc1. The predicted molar refractivity (Wildman–Crippen MR) is 197 cm³/mol. The molecule has 0 atom stereocenters. The number of benzene rings is 5. The number of thiophene rings is 1. The number of fused-ring (bicyclic) bond motifs is 4. The van der Waals surface area contributed by atoms with Crippen molar-refractivity contribution >= 4 is 55.8 Å². The zero-order valence-electron chi connectivity index (χ0n) is 25.6. The summed E-state index contributed by atoms with van der Waals surface area (Å²) in [5.74, 6) is 0. The van der Waals surface area contributed by atoms with Crippen LogP contribution in [-0.2, 0) is 0 Å². The van der Waals surface area contributed by atoms with Gasteiger partial charge in [0.15, 0.2) is 0 Å². The van der Waals surface area contributed by atoms with Gasteiger partial charge in [0.05, 0.1) is 13.6 Å². The van der Waals surface area contributed by atoms with Crippen LogP contribution in [0.15, 0.2) is 140 Å². The summed E-state index contributed by atoms with van der Waals surface area (Å²) in [6.07, 6.45) is 3.86. The van der Waals surface area contributed by atoms with Crippen LogP contribution in [0, 0.1) is 0 Å². The normalized spacial score (nSPS) is 11.9. The summed E-state index contributed by atoms with van der Waals surface area (Å²) in [7, 11) is -1.29. The van der Waals surface area contributed by atoms with Gasteiger partial charge in [-0.25, -0.2) is 4.98 Å². The topological polar surface area (TPSA) is 25.8 Å². The standard InChI is InChI=1S/C41H32N2SSi/c1-45(2,3)36-19-16-28(17-20-36)27-6-8-30(9-7-27)33-14-15-34-23-35(26-43-39(34)25-33)31-12-10-29(11-13-31)32-18-21-40-38(24-32)37-5-4-22-42-41(37)44-40/h4-26H,1-3H3. The number of hydrogen-bond donors (Lipinski definition) is 0. The molecule has 0 saturated carbocycles. The average molecular weight is 613 g/mol. The third-order valence-electron chi connectivity index (χ3n) is 8.79. The van der Waals surface area contributed by atoms with Gasteiger partial charge in [0.1, 0.15) is 4.83 Å². The Morgan fingerprint density at radius 1 is 0.489 bits per heavy atom. The second kappa shape index (κ2) is 10.9. The zero-order valence-corrected chi connectivity index (χ0v) is 27.4. The van der Waals surface area contributed by atoms with Gasteiger partial charge in [-0.3, -0.25) is 4.98 Å². The Balaban J connectivity index is 1.02. The first-order chi connectivity index (χ1) is 21.9. The maximum atomic E-state index is 4.87. The van der Waals surface area contributed by atoms with Gasteiger partial charge >= 0.3 is 0 Å². The van der Waals surface area contributed by atoms with Crippen LogP contribution in [-0.4, -0.2) is 18.0 Å². The summed E-state index contributed by atoms with van der Waals surface area (Å²) in [4.78, 5) is 10.5.